The van der Waals surface area contributed by atoms with Crippen LogP contribution in [0.1, 0.15) is 18.4 Å². The molecule has 0 heterocycles. The quantitative estimate of drug-likeness (QED) is 0.800. The average molecular weight is 284 g/mol. The van der Waals surface area contributed by atoms with Crippen LogP contribution >= 0.6 is 0 Å². The van der Waals surface area contributed by atoms with Gasteiger partial charge in [0.25, 0.3) is 0 Å². The number of rotatable bonds is 2. The Bertz CT molecular complexity index is 745. The van der Waals surface area contributed by atoms with E-state index < -0.39 is 0 Å². The number of phenolic OH excluding ortho intramolecular Hbond substituents is 1. The van der Waals surface area contributed by atoms with Crippen LogP contribution in [0, 0.1) is 5.82 Å². The van der Waals surface area contributed by atoms with Gasteiger partial charge in [0, 0.05) is 6.42 Å². The first-order valence-corrected chi connectivity index (χ1v) is 6.78. The van der Waals surface area contributed by atoms with Crippen LogP contribution in [-0.4, -0.2) is 5.11 Å². The molecule has 0 bridgehead atoms. The molecular weight excluding hydrogens is 270 g/mol. The summed E-state index contributed by atoms with van der Waals surface area (Å²) < 4.78 is 26.7. The third-order valence-corrected chi connectivity index (χ3v) is 3.47. The van der Waals surface area contributed by atoms with E-state index in [2.05, 4.69) is 0 Å². The lowest BCUT2D eigenvalue weighted by Crippen LogP contribution is -1.90. The largest absolute Gasteiger partial charge is 0.508 e. The highest BCUT2D eigenvalue weighted by molar-refractivity contribution is 5.80. The molecular formula is C18H14F2O. The summed E-state index contributed by atoms with van der Waals surface area (Å²) in [6.07, 6.45) is 4.47. The van der Waals surface area contributed by atoms with E-state index in [0.717, 1.165) is 11.1 Å². The Morgan fingerprint density at radius 3 is 2.48 bits per heavy atom. The second-order valence-corrected chi connectivity index (χ2v) is 5.07. The summed E-state index contributed by atoms with van der Waals surface area (Å²) in [7, 11) is 0. The fraction of sp³-hybridized carbons (Fsp3) is 0.111. The summed E-state index contributed by atoms with van der Waals surface area (Å²) in [4.78, 5) is 0. The first kappa shape index (κ1) is 13.6. The van der Waals surface area contributed by atoms with Crippen LogP contribution in [0.25, 0.3) is 16.7 Å². The summed E-state index contributed by atoms with van der Waals surface area (Å²) in [5.74, 6) is -0.421. The smallest absolute Gasteiger partial charge is 0.123 e. The number of halogens is 2. The van der Waals surface area contributed by atoms with Crippen LogP contribution in [-0.2, 0) is 0 Å². The molecule has 0 amide bonds. The van der Waals surface area contributed by atoms with Crippen LogP contribution in [0.2, 0.25) is 0 Å². The van der Waals surface area contributed by atoms with Gasteiger partial charge in [0.2, 0.25) is 0 Å². The lowest BCUT2D eigenvalue weighted by Gasteiger charge is -2.11. The highest BCUT2D eigenvalue weighted by Crippen LogP contribution is 2.32. The Kier molecular flexibility index (Phi) is 3.57. The van der Waals surface area contributed by atoms with Crippen molar-refractivity contribution in [3.8, 4) is 16.9 Å². The average Bonchev–Trinajstić information content (AvgIpc) is 2.46. The molecule has 0 fully saturated rings. The van der Waals surface area contributed by atoms with Crippen LogP contribution in [0.3, 0.4) is 0 Å². The number of allylic oxidation sites excluding steroid dienone is 4. The fourth-order valence-corrected chi connectivity index (χ4v) is 2.48. The molecule has 0 atom stereocenters. The van der Waals surface area contributed by atoms with Gasteiger partial charge in [0.15, 0.2) is 0 Å². The molecule has 0 saturated carbocycles. The van der Waals surface area contributed by atoms with Gasteiger partial charge in [0.05, 0.1) is 0 Å². The molecule has 0 aromatic heterocycles. The zero-order valence-corrected chi connectivity index (χ0v) is 11.3. The topological polar surface area (TPSA) is 20.2 Å². The van der Waals surface area contributed by atoms with Crippen LogP contribution in [0.5, 0.6) is 5.75 Å². The van der Waals surface area contributed by atoms with Crippen molar-refractivity contribution in [2.45, 2.75) is 12.8 Å². The predicted octanol–water partition coefficient (Wildman–Crippen LogP) is 5.23. The Morgan fingerprint density at radius 2 is 1.71 bits per heavy atom. The summed E-state index contributed by atoms with van der Waals surface area (Å²) in [5.41, 5.74) is 2.84. The van der Waals surface area contributed by atoms with Crippen molar-refractivity contribution in [2.24, 2.45) is 0 Å². The van der Waals surface area contributed by atoms with E-state index in [0.29, 0.717) is 24.0 Å². The van der Waals surface area contributed by atoms with Gasteiger partial charge in [-0.3, -0.25) is 0 Å². The molecule has 1 N–H and O–H groups in total. The van der Waals surface area contributed by atoms with Gasteiger partial charge >= 0.3 is 0 Å². The van der Waals surface area contributed by atoms with Gasteiger partial charge in [-0.05, 0) is 65.1 Å². The molecule has 3 heteroatoms. The third kappa shape index (κ3) is 3.02. The molecule has 0 unspecified atom stereocenters. The molecule has 0 aliphatic heterocycles. The number of hydrogen-bond donors (Lipinski definition) is 1. The molecule has 1 aliphatic carbocycles. The van der Waals surface area contributed by atoms with E-state index in [1.807, 2.05) is 12.1 Å². The Labute approximate surface area is 121 Å². The van der Waals surface area contributed by atoms with E-state index in [9.17, 15) is 13.9 Å². The number of benzene rings is 2. The van der Waals surface area contributed by atoms with Gasteiger partial charge in [0.1, 0.15) is 17.4 Å². The van der Waals surface area contributed by atoms with Gasteiger partial charge in [-0.15, -0.1) is 0 Å². The summed E-state index contributed by atoms with van der Waals surface area (Å²) >= 11 is 0. The van der Waals surface area contributed by atoms with Crippen molar-refractivity contribution in [2.75, 3.05) is 0 Å². The molecule has 0 spiro atoms. The molecule has 2 aromatic rings. The molecule has 106 valence electrons. The third-order valence-electron chi connectivity index (χ3n) is 3.47. The number of hydrogen-bond acceptors (Lipinski definition) is 1. The van der Waals surface area contributed by atoms with Crippen LogP contribution < -0.4 is 0 Å². The lowest BCUT2D eigenvalue weighted by atomic mass is 9.95. The van der Waals surface area contributed by atoms with Crippen LogP contribution in [0.4, 0.5) is 8.78 Å². The van der Waals surface area contributed by atoms with Crippen molar-refractivity contribution < 1.29 is 13.9 Å². The highest BCUT2D eigenvalue weighted by Gasteiger charge is 2.10. The maximum Gasteiger partial charge on any atom is 0.123 e. The lowest BCUT2D eigenvalue weighted by molar-refractivity contribution is 0.475. The minimum atomic E-state index is -0.333. The standard InChI is InChI=1S/C18H14F2O/c19-16-5-1-3-12(8-16)14-7-15(11-18(21)10-14)13-4-2-6-17(20)9-13/h1,3-5,7-11,21H,2,6H2. The van der Waals surface area contributed by atoms with Crippen molar-refractivity contribution >= 4 is 5.57 Å². The zero-order valence-electron chi connectivity index (χ0n) is 11.3. The zero-order chi connectivity index (χ0) is 14.8. The van der Waals surface area contributed by atoms with Gasteiger partial charge in [-0.2, -0.15) is 0 Å². The van der Waals surface area contributed by atoms with Gasteiger partial charge in [-0.25, -0.2) is 8.78 Å². The van der Waals surface area contributed by atoms with E-state index in [-0.39, 0.29) is 17.4 Å². The van der Waals surface area contributed by atoms with Crippen molar-refractivity contribution in [3.63, 3.8) is 0 Å². The van der Waals surface area contributed by atoms with Gasteiger partial charge < -0.3 is 5.11 Å². The summed E-state index contributed by atoms with van der Waals surface area (Å²) in [6, 6.07) is 11.2. The molecule has 1 nitrogen and oxygen atoms in total. The first-order chi connectivity index (χ1) is 10.1. The van der Waals surface area contributed by atoms with E-state index in [4.69, 9.17) is 0 Å². The number of phenols is 1. The van der Waals surface area contributed by atoms with Crippen molar-refractivity contribution in [3.05, 3.63) is 71.8 Å². The summed E-state index contributed by atoms with van der Waals surface area (Å²) in [5, 5.41) is 9.89. The minimum absolute atomic E-state index is 0.0760. The number of aromatic hydroxyl groups is 1. The highest BCUT2D eigenvalue weighted by atomic mass is 19.1. The second kappa shape index (κ2) is 5.52. The Hall–Kier alpha value is -2.42. The van der Waals surface area contributed by atoms with Gasteiger partial charge in [-0.1, -0.05) is 18.2 Å². The van der Waals surface area contributed by atoms with E-state index in [1.165, 1.54) is 18.2 Å². The Balaban J connectivity index is 2.07. The maximum atomic E-state index is 13.4. The SMILES string of the molecule is Oc1cc(C2=CCCC(F)=C2)cc(-c2cccc(F)c2)c1. The molecule has 3 rings (SSSR count). The minimum Gasteiger partial charge on any atom is -0.508 e. The fourth-order valence-electron chi connectivity index (χ4n) is 2.48. The van der Waals surface area contributed by atoms with E-state index >= 15 is 0 Å². The predicted molar refractivity (Wildman–Crippen MR) is 79.9 cm³/mol. The monoisotopic (exact) mass is 284 g/mol. The maximum absolute atomic E-state index is 13.4. The van der Waals surface area contributed by atoms with Crippen molar-refractivity contribution in [1.82, 2.24) is 0 Å². The molecule has 21 heavy (non-hydrogen) atoms. The van der Waals surface area contributed by atoms with Crippen molar-refractivity contribution in [1.29, 1.82) is 0 Å². The normalized spacial score (nSPS) is 14.6. The second-order valence-electron chi connectivity index (χ2n) is 5.07. The molecule has 2 aromatic carbocycles. The first-order valence-electron chi connectivity index (χ1n) is 6.78. The summed E-state index contributed by atoms with van der Waals surface area (Å²) in [6.45, 7) is 0. The molecule has 1 aliphatic rings. The van der Waals surface area contributed by atoms with E-state index in [1.54, 1.807) is 24.3 Å². The Morgan fingerprint density at radius 1 is 0.905 bits per heavy atom. The molecule has 0 radical (unpaired) electrons. The molecule has 0 saturated heterocycles. The van der Waals surface area contributed by atoms with Crippen LogP contribution in [0.15, 0.2) is 60.4 Å².